The lowest BCUT2D eigenvalue weighted by Gasteiger charge is -2.33. The van der Waals surface area contributed by atoms with Crippen LogP contribution in [0.5, 0.6) is 0 Å². The van der Waals surface area contributed by atoms with Crippen molar-refractivity contribution in [2.45, 2.75) is 58.8 Å². The van der Waals surface area contributed by atoms with E-state index in [-0.39, 0.29) is 17.1 Å². The molecule has 0 aromatic heterocycles. The van der Waals surface area contributed by atoms with E-state index >= 15 is 0 Å². The zero-order chi connectivity index (χ0) is 12.0. The number of carbonyl (C=O) groups is 2. The van der Waals surface area contributed by atoms with Crippen molar-refractivity contribution < 1.29 is 9.59 Å². The minimum absolute atomic E-state index is 0.0157. The number of hydrogen-bond donors (Lipinski definition) is 1. The number of hydrogen-bond acceptors (Lipinski definition) is 2. The summed E-state index contributed by atoms with van der Waals surface area (Å²) < 4.78 is 0. The van der Waals surface area contributed by atoms with E-state index in [2.05, 4.69) is 12.2 Å². The van der Waals surface area contributed by atoms with Gasteiger partial charge in [0.15, 0.2) is 0 Å². The summed E-state index contributed by atoms with van der Waals surface area (Å²) in [5.41, 5.74) is 0.282. The maximum Gasteiger partial charge on any atom is 0.220 e. The summed E-state index contributed by atoms with van der Waals surface area (Å²) in [5.74, 6) is 0.0982. The summed E-state index contributed by atoms with van der Waals surface area (Å²) in [6, 6.07) is 0. The van der Waals surface area contributed by atoms with Crippen molar-refractivity contribution in [3.05, 3.63) is 0 Å². The fourth-order valence-corrected chi connectivity index (χ4v) is 2.27. The first-order chi connectivity index (χ1) is 7.52. The minimum atomic E-state index is 0.0157. The molecule has 0 spiro atoms. The molecule has 1 fully saturated rings. The summed E-state index contributed by atoms with van der Waals surface area (Å²) in [5, 5.41) is 2.96. The molecule has 3 nitrogen and oxygen atoms in total. The molecule has 1 aliphatic carbocycles. The molecule has 92 valence electrons. The monoisotopic (exact) mass is 225 g/mol. The summed E-state index contributed by atoms with van der Waals surface area (Å²) >= 11 is 0. The van der Waals surface area contributed by atoms with Gasteiger partial charge in [-0.1, -0.05) is 26.2 Å². The molecule has 1 rings (SSSR count). The lowest BCUT2D eigenvalue weighted by Crippen LogP contribution is -2.37. The molecule has 0 atom stereocenters. The number of Topliss-reactive ketones (excluding diaryl/α,β-unsaturated/α-hetero) is 1. The molecule has 0 aromatic carbocycles. The number of amides is 1. The maximum atomic E-state index is 11.5. The highest BCUT2D eigenvalue weighted by atomic mass is 16.2. The third-order valence-electron chi connectivity index (χ3n) is 3.48. The number of ketones is 1. The first kappa shape index (κ1) is 13.2. The Morgan fingerprint density at radius 1 is 1.12 bits per heavy atom. The predicted octanol–water partition coefficient (Wildman–Crippen LogP) is 2.44. The molecule has 1 saturated carbocycles. The van der Waals surface area contributed by atoms with Gasteiger partial charge in [-0.2, -0.15) is 0 Å². The second kappa shape index (κ2) is 6.02. The van der Waals surface area contributed by atoms with Gasteiger partial charge in [0.05, 0.1) is 0 Å². The molecule has 0 bridgehead atoms. The molecule has 0 heterocycles. The Labute approximate surface area is 98.0 Å². The van der Waals surface area contributed by atoms with Crippen LogP contribution >= 0.6 is 0 Å². The van der Waals surface area contributed by atoms with Crippen LogP contribution in [0, 0.1) is 5.41 Å². The van der Waals surface area contributed by atoms with Gasteiger partial charge in [0.1, 0.15) is 5.78 Å². The highest BCUT2D eigenvalue weighted by Gasteiger charge is 2.26. The van der Waals surface area contributed by atoms with E-state index in [1.54, 1.807) is 0 Å². The topological polar surface area (TPSA) is 46.2 Å². The van der Waals surface area contributed by atoms with Crippen LogP contribution in [0.2, 0.25) is 0 Å². The van der Waals surface area contributed by atoms with E-state index in [1.807, 2.05) is 0 Å². The van der Waals surface area contributed by atoms with Gasteiger partial charge in [-0.3, -0.25) is 4.79 Å². The van der Waals surface area contributed by atoms with Crippen molar-refractivity contribution in [2.75, 3.05) is 6.54 Å². The van der Waals surface area contributed by atoms with E-state index < -0.39 is 0 Å². The third kappa shape index (κ3) is 4.77. The number of carbonyl (C=O) groups excluding carboxylic acids is 2. The molecule has 3 heteroatoms. The summed E-state index contributed by atoms with van der Waals surface area (Å²) in [6.45, 7) is 4.54. The standard InChI is InChI=1S/C13H23NO2/c1-11(15)6-7-12(16)14-10-13(2)8-4-3-5-9-13/h3-10H2,1-2H3,(H,14,16). The van der Waals surface area contributed by atoms with Crippen LogP contribution in [0.15, 0.2) is 0 Å². The van der Waals surface area contributed by atoms with Crippen molar-refractivity contribution in [3.8, 4) is 0 Å². The van der Waals surface area contributed by atoms with E-state index in [4.69, 9.17) is 0 Å². The summed E-state index contributed by atoms with van der Waals surface area (Å²) in [6.07, 6.45) is 7.00. The predicted molar refractivity (Wildman–Crippen MR) is 64.1 cm³/mol. The molecule has 1 N–H and O–H groups in total. The Hall–Kier alpha value is -0.860. The lowest BCUT2D eigenvalue weighted by atomic mass is 9.76. The van der Waals surface area contributed by atoms with E-state index in [1.165, 1.54) is 39.0 Å². The van der Waals surface area contributed by atoms with Crippen LogP contribution in [0.3, 0.4) is 0 Å². The second-order valence-corrected chi connectivity index (χ2v) is 5.35. The van der Waals surface area contributed by atoms with Crippen LogP contribution in [-0.4, -0.2) is 18.2 Å². The first-order valence-electron chi connectivity index (χ1n) is 6.28. The Morgan fingerprint density at radius 3 is 2.31 bits per heavy atom. The van der Waals surface area contributed by atoms with Crippen molar-refractivity contribution in [1.82, 2.24) is 5.32 Å². The Balaban J connectivity index is 2.22. The molecule has 0 unspecified atom stereocenters. The van der Waals surface area contributed by atoms with Crippen molar-refractivity contribution in [3.63, 3.8) is 0 Å². The molecule has 16 heavy (non-hydrogen) atoms. The molecular formula is C13H23NO2. The SMILES string of the molecule is CC(=O)CCC(=O)NCC1(C)CCCCC1. The number of rotatable bonds is 5. The van der Waals surface area contributed by atoms with Gasteiger partial charge >= 0.3 is 0 Å². The van der Waals surface area contributed by atoms with Gasteiger partial charge in [-0.05, 0) is 25.2 Å². The third-order valence-corrected chi connectivity index (χ3v) is 3.48. The quantitative estimate of drug-likeness (QED) is 0.781. The van der Waals surface area contributed by atoms with Gasteiger partial charge in [0.2, 0.25) is 5.91 Å². The summed E-state index contributed by atoms with van der Waals surface area (Å²) in [7, 11) is 0. The van der Waals surface area contributed by atoms with Gasteiger partial charge < -0.3 is 10.1 Å². The zero-order valence-electron chi connectivity index (χ0n) is 10.5. The summed E-state index contributed by atoms with van der Waals surface area (Å²) in [4.78, 5) is 22.2. The van der Waals surface area contributed by atoms with Crippen LogP contribution in [0.25, 0.3) is 0 Å². The molecule has 0 aromatic rings. The molecular weight excluding hydrogens is 202 g/mol. The van der Waals surface area contributed by atoms with Crippen LogP contribution < -0.4 is 5.32 Å². The number of nitrogens with one attached hydrogen (secondary N) is 1. The molecule has 0 saturated heterocycles. The van der Waals surface area contributed by atoms with E-state index in [0.717, 1.165) is 6.54 Å². The fraction of sp³-hybridized carbons (Fsp3) is 0.846. The maximum absolute atomic E-state index is 11.5. The van der Waals surface area contributed by atoms with Gasteiger partial charge in [0, 0.05) is 19.4 Å². The largest absolute Gasteiger partial charge is 0.356 e. The van der Waals surface area contributed by atoms with Crippen molar-refractivity contribution >= 4 is 11.7 Å². The highest BCUT2D eigenvalue weighted by molar-refractivity contribution is 5.83. The van der Waals surface area contributed by atoms with Gasteiger partial charge in [0.25, 0.3) is 0 Å². The molecule has 1 aliphatic rings. The normalized spacial score (nSPS) is 19.1. The van der Waals surface area contributed by atoms with Crippen LogP contribution in [0.4, 0.5) is 0 Å². The minimum Gasteiger partial charge on any atom is -0.356 e. The lowest BCUT2D eigenvalue weighted by molar-refractivity contribution is -0.125. The Morgan fingerprint density at radius 2 is 1.75 bits per heavy atom. The second-order valence-electron chi connectivity index (χ2n) is 5.35. The smallest absolute Gasteiger partial charge is 0.220 e. The average Bonchev–Trinajstić information content (AvgIpc) is 2.25. The zero-order valence-corrected chi connectivity index (χ0v) is 10.5. The molecule has 1 amide bonds. The Kier molecular flexibility index (Phi) is 4.97. The van der Waals surface area contributed by atoms with Crippen molar-refractivity contribution in [1.29, 1.82) is 0 Å². The first-order valence-corrected chi connectivity index (χ1v) is 6.28. The van der Waals surface area contributed by atoms with Gasteiger partial charge in [-0.15, -0.1) is 0 Å². The van der Waals surface area contributed by atoms with Crippen molar-refractivity contribution in [2.24, 2.45) is 5.41 Å². The van der Waals surface area contributed by atoms with E-state index in [9.17, 15) is 9.59 Å². The molecule has 0 aliphatic heterocycles. The Bertz CT molecular complexity index is 255. The molecule has 0 radical (unpaired) electrons. The van der Waals surface area contributed by atoms with Crippen LogP contribution in [-0.2, 0) is 9.59 Å². The fourth-order valence-electron chi connectivity index (χ4n) is 2.27. The highest BCUT2D eigenvalue weighted by Crippen LogP contribution is 2.34. The van der Waals surface area contributed by atoms with Gasteiger partial charge in [-0.25, -0.2) is 0 Å². The van der Waals surface area contributed by atoms with Crippen LogP contribution in [0.1, 0.15) is 58.8 Å². The average molecular weight is 225 g/mol. The van der Waals surface area contributed by atoms with E-state index in [0.29, 0.717) is 12.8 Å².